The number of halogens is 2. The highest BCUT2D eigenvalue weighted by atomic mass is 79.9. The van der Waals surface area contributed by atoms with E-state index in [0.717, 1.165) is 48.2 Å². The predicted octanol–water partition coefficient (Wildman–Crippen LogP) is 3.41. The van der Waals surface area contributed by atoms with Gasteiger partial charge >= 0.3 is 0 Å². The summed E-state index contributed by atoms with van der Waals surface area (Å²) in [6.07, 6.45) is 5.00. The Morgan fingerprint density at radius 3 is 2.90 bits per heavy atom. The molecule has 0 spiro atoms. The fourth-order valence-corrected chi connectivity index (χ4v) is 3.15. The third-order valence-electron chi connectivity index (χ3n) is 3.70. The first-order valence-corrected chi connectivity index (χ1v) is 7.98. The number of hydrogen-bond acceptors (Lipinski definition) is 3. The first-order chi connectivity index (χ1) is 9.65. The van der Waals surface area contributed by atoms with Crippen LogP contribution in [0, 0.1) is 0 Å². The van der Waals surface area contributed by atoms with Crippen molar-refractivity contribution in [3.63, 3.8) is 0 Å². The molecule has 3 rings (SSSR count). The summed E-state index contributed by atoms with van der Waals surface area (Å²) in [4.78, 5) is 2.28. The molecule has 3 heterocycles. The molecular weight excluding hydrogens is 342 g/mol. The van der Waals surface area contributed by atoms with Crippen LogP contribution >= 0.6 is 27.5 Å². The normalized spacial score (nSPS) is 28.8. The van der Waals surface area contributed by atoms with E-state index in [1.54, 1.807) is 0 Å². The fraction of sp³-hybridized carbons (Fsp3) is 0.500. The monoisotopic (exact) mass is 357 g/mol. The van der Waals surface area contributed by atoms with Gasteiger partial charge in [0.25, 0.3) is 0 Å². The van der Waals surface area contributed by atoms with Gasteiger partial charge in [-0.15, -0.1) is 0 Å². The molecule has 1 fully saturated rings. The van der Waals surface area contributed by atoms with E-state index in [4.69, 9.17) is 16.3 Å². The van der Waals surface area contributed by atoms with E-state index in [1.807, 2.05) is 10.8 Å². The van der Waals surface area contributed by atoms with Crippen molar-refractivity contribution in [1.82, 2.24) is 14.7 Å². The molecule has 0 radical (unpaired) electrons. The Hall–Kier alpha value is -0.780. The highest BCUT2D eigenvalue weighted by Gasteiger charge is 2.23. The highest BCUT2D eigenvalue weighted by molar-refractivity contribution is 9.10. The first-order valence-electron chi connectivity index (χ1n) is 6.81. The molecule has 4 nitrogen and oxygen atoms in total. The number of morpholine rings is 1. The Bertz CT molecular complexity index is 561. The molecule has 2 aliphatic heterocycles. The molecule has 6 heteroatoms. The van der Waals surface area contributed by atoms with Crippen molar-refractivity contribution in [2.75, 3.05) is 26.3 Å². The number of aromatic nitrogens is 2. The predicted molar refractivity (Wildman–Crippen MR) is 83.6 cm³/mol. The smallest absolute Gasteiger partial charge is 0.132 e. The van der Waals surface area contributed by atoms with Crippen molar-refractivity contribution in [3.05, 3.63) is 33.5 Å². The van der Waals surface area contributed by atoms with Crippen LogP contribution in [0.15, 0.2) is 27.9 Å². The zero-order valence-corrected chi connectivity index (χ0v) is 13.7. The maximum absolute atomic E-state index is 6.32. The average Bonchev–Trinajstić information content (AvgIpc) is 2.83. The summed E-state index contributed by atoms with van der Waals surface area (Å²) in [7, 11) is 0. The molecule has 0 N–H and O–H groups in total. The maximum Gasteiger partial charge on any atom is 0.132 e. The summed E-state index contributed by atoms with van der Waals surface area (Å²) >= 11 is 9.81. The van der Waals surface area contributed by atoms with Crippen molar-refractivity contribution in [2.45, 2.75) is 19.3 Å². The van der Waals surface area contributed by atoms with Gasteiger partial charge in [-0.2, -0.15) is 5.10 Å². The van der Waals surface area contributed by atoms with Gasteiger partial charge in [0.1, 0.15) is 10.4 Å². The standard InChI is InChI=1S/C14H17BrClN3O/c1-10-2-3-11(16)8-14(18-4-6-20-7-5-18)19-12(10)9-13(15)17-19/h3,8-10H,2,4-7H2,1H3/b11-3-,14-8-. The Balaban J connectivity index is 2.06. The summed E-state index contributed by atoms with van der Waals surface area (Å²) in [6, 6.07) is 2.09. The van der Waals surface area contributed by atoms with E-state index in [-0.39, 0.29) is 0 Å². The second-order valence-electron chi connectivity index (χ2n) is 5.13. The summed E-state index contributed by atoms with van der Waals surface area (Å²) in [5.74, 6) is 1.41. The lowest BCUT2D eigenvalue weighted by molar-refractivity contribution is 0.0610. The van der Waals surface area contributed by atoms with Crippen LogP contribution in [0.25, 0.3) is 5.82 Å². The molecule has 1 aromatic rings. The maximum atomic E-state index is 6.32. The highest BCUT2D eigenvalue weighted by Crippen LogP contribution is 2.30. The van der Waals surface area contributed by atoms with Gasteiger partial charge in [0, 0.05) is 24.0 Å². The molecule has 0 saturated carbocycles. The average molecular weight is 359 g/mol. The van der Waals surface area contributed by atoms with Crippen molar-refractivity contribution in [2.24, 2.45) is 0 Å². The van der Waals surface area contributed by atoms with Crippen molar-refractivity contribution < 1.29 is 4.74 Å². The minimum atomic E-state index is 0.382. The summed E-state index contributed by atoms with van der Waals surface area (Å²) in [5, 5.41) is 5.36. The van der Waals surface area contributed by atoms with Crippen molar-refractivity contribution >= 4 is 33.4 Å². The quantitative estimate of drug-likeness (QED) is 0.771. The van der Waals surface area contributed by atoms with Crippen LogP contribution in [-0.2, 0) is 4.74 Å². The zero-order chi connectivity index (χ0) is 14.1. The Morgan fingerprint density at radius 2 is 2.15 bits per heavy atom. The third-order valence-corrected chi connectivity index (χ3v) is 4.35. The second kappa shape index (κ2) is 5.92. The van der Waals surface area contributed by atoms with Gasteiger partial charge in [-0.25, -0.2) is 4.68 Å². The lowest BCUT2D eigenvalue weighted by Crippen LogP contribution is -2.37. The Morgan fingerprint density at radius 1 is 1.40 bits per heavy atom. The van der Waals surface area contributed by atoms with Crippen LogP contribution < -0.4 is 0 Å². The van der Waals surface area contributed by atoms with Crippen molar-refractivity contribution in [3.8, 4) is 0 Å². The van der Waals surface area contributed by atoms with Gasteiger partial charge in [-0.05, 0) is 34.5 Å². The van der Waals surface area contributed by atoms with Gasteiger partial charge in [0.05, 0.1) is 18.9 Å². The van der Waals surface area contributed by atoms with E-state index in [0.29, 0.717) is 5.92 Å². The van der Waals surface area contributed by atoms with Crippen LogP contribution in [0.4, 0.5) is 0 Å². The third kappa shape index (κ3) is 2.80. The molecular formula is C14H17BrClN3O. The molecule has 20 heavy (non-hydrogen) atoms. The van der Waals surface area contributed by atoms with Gasteiger partial charge in [0.15, 0.2) is 0 Å². The number of ether oxygens (including phenoxy) is 1. The fourth-order valence-electron chi connectivity index (χ4n) is 2.57. The minimum Gasteiger partial charge on any atom is -0.378 e. The Labute approximate surface area is 132 Å². The molecule has 0 aliphatic carbocycles. The Kier molecular flexibility index (Phi) is 4.19. The van der Waals surface area contributed by atoms with Crippen LogP contribution in [0.1, 0.15) is 25.0 Å². The van der Waals surface area contributed by atoms with Gasteiger partial charge in [-0.3, -0.25) is 0 Å². The molecule has 1 aromatic heterocycles. The number of allylic oxidation sites excluding steroid dienone is 3. The van der Waals surface area contributed by atoms with E-state index >= 15 is 0 Å². The number of fused-ring (bicyclic) bond motifs is 1. The largest absolute Gasteiger partial charge is 0.378 e. The molecule has 0 bridgehead atoms. The zero-order valence-electron chi connectivity index (χ0n) is 11.4. The van der Waals surface area contributed by atoms with E-state index in [9.17, 15) is 0 Å². The van der Waals surface area contributed by atoms with Crippen LogP contribution in [0.3, 0.4) is 0 Å². The molecule has 108 valence electrons. The lowest BCUT2D eigenvalue weighted by Gasteiger charge is -2.32. The SMILES string of the molecule is CC1C/C=C(Cl)/C=C(/N2CCOCC2)n2nc(Br)cc21. The van der Waals surface area contributed by atoms with E-state index in [2.05, 4.69) is 45.0 Å². The van der Waals surface area contributed by atoms with E-state index < -0.39 is 0 Å². The molecule has 2 aliphatic rings. The van der Waals surface area contributed by atoms with Gasteiger partial charge < -0.3 is 9.64 Å². The molecule has 0 aromatic carbocycles. The molecule has 1 atom stereocenters. The molecule has 1 saturated heterocycles. The summed E-state index contributed by atoms with van der Waals surface area (Å²) in [6.45, 7) is 5.41. The van der Waals surface area contributed by atoms with Gasteiger partial charge in [-0.1, -0.05) is 24.6 Å². The van der Waals surface area contributed by atoms with Crippen molar-refractivity contribution in [1.29, 1.82) is 0 Å². The van der Waals surface area contributed by atoms with E-state index in [1.165, 1.54) is 5.69 Å². The van der Waals surface area contributed by atoms with Crippen LogP contribution in [0.2, 0.25) is 0 Å². The lowest BCUT2D eigenvalue weighted by atomic mass is 10.0. The second-order valence-corrected chi connectivity index (χ2v) is 6.38. The first kappa shape index (κ1) is 14.2. The van der Waals surface area contributed by atoms with Gasteiger partial charge in [0.2, 0.25) is 0 Å². The van der Waals surface area contributed by atoms with Crippen LogP contribution in [0.5, 0.6) is 0 Å². The molecule has 0 amide bonds. The number of rotatable bonds is 1. The summed E-state index contributed by atoms with van der Waals surface area (Å²) in [5.41, 5.74) is 1.20. The number of hydrogen-bond donors (Lipinski definition) is 0. The molecule has 1 unspecified atom stereocenters. The number of nitrogens with zero attached hydrogens (tertiary/aromatic N) is 3. The minimum absolute atomic E-state index is 0.382. The van der Waals surface area contributed by atoms with Crippen LogP contribution in [-0.4, -0.2) is 41.0 Å². The summed E-state index contributed by atoms with van der Waals surface area (Å²) < 4.78 is 8.30. The topological polar surface area (TPSA) is 30.3 Å².